The molecular weight excluding hydrogens is 202 g/mol. The van der Waals surface area contributed by atoms with E-state index in [4.69, 9.17) is 5.73 Å². The van der Waals surface area contributed by atoms with Crippen molar-refractivity contribution in [3.05, 3.63) is 24.3 Å². The highest BCUT2D eigenvalue weighted by atomic mass is 15.2. The van der Waals surface area contributed by atoms with Gasteiger partial charge < -0.3 is 11.1 Å². The van der Waals surface area contributed by atoms with E-state index < -0.39 is 0 Å². The van der Waals surface area contributed by atoms with Crippen LogP contribution in [-0.2, 0) is 0 Å². The van der Waals surface area contributed by atoms with Gasteiger partial charge in [-0.25, -0.2) is 4.98 Å². The number of H-pyrrole nitrogens is 1. The lowest BCUT2D eigenvalue weighted by Gasteiger charge is -2.06. The molecule has 0 spiro atoms. The Hall–Kier alpha value is -2.30. The lowest BCUT2D eigenvalue weighted by atomic mass is 10.1. The normalized spacial score (nSPS) is 11.1. The molecular formula is C11H11N5. The fraction of sp³-hybridized carbons (Fsp3) is 0.0909. The van der Waals surface area contributed by atoms with Crippen molar-refractivity contribution in [3.8, 4) is 0 Å². The number of nitrogens with one attached hydrogen (secondary N) is 2. The van der Waals surface area contributed by atoms with E-state index in [1.807, 2.05) is 31.3 Å². The summed E-state index contributed by atoms with van der Waals surface area (Å²) in [5.74, 6) is 0.539. The van der Waals surface area contributed by atoms with Gasteiger partial charge in [-0.2, -0.15) is 5.10 Å². The molecule has 0 saturated heterocycles. The lowest BCUT2D eigenvalue weighted by molar-refractivity contribution is 1.11. The van der Waals surface area contributed by atoms with Crippen molar-refractivity contribution in [1.29, 1.82) is 0 Å². The van der Waals surface area contributed by atoms with Crippen LogP contribution in [0.4, 0.5) is 11.5 Å². The molecule has 0 fully saturated rings. The van der Waals surface area contributed by atoms with E-state index in [-0.39, 0.29) is 0 Å². The summed E-state index contributed by atoms with van der Waals surface area (Å²) in [6, 6.07) is 7.91. The number of pyridine rings is 1. The number of rotatable bonds is 1. The van der Waals surface area contributed by atoms with Crippen LogP contribution in [-0.4, -0.2) is 22.2 Å². The average molecular weight is 213 g/mol. The van der Waals surface area contributed by atoms with Gasteiger partial charge in [0.05, 0.1) is 16.6 Å². The molecule has 0 saturated carbocycles. The molecule has 80 valence electrons. The molecule has 0 unspecified atom stereocenters. The van der Waals surface area contributed by atoms with Crippen molar-refractivity contribution in [2.24, 2.45) is 0 Å². The molecule has 0 aliphatic carbocycles. The van der Waals surface area contributed by atoms with Crippen molar-refractivity contribution in [1.82, 2.24) is 15.2 Å². The molecule has 1 aromatic carbocycles. The molecule has 0 radical (unpaired) electrons. The first-order valence-corrected chi connectivity index (χ1v) is 5.01. The number of nitrogens with two attached hydrogens (primary N) is 1. The molecule has 16 heavy (non-hydrogen) atoms. The van der Waals surface area contributed by atoms with Crippen molar-refractivity contribution in [3.63, 3.8) is 0 Å². The standard InChI is InChI=1S/C11H11N5/c1-13-9-6-4-2-3-5-7(6)14-11-8(9)10(12)15-16-11/h2-5H,1H3,(H4,12,13,14,15,16). The number of benzene rings is 1. The first kappa shape index (κ1) is 8.96. The second-order valence-corrected chi connectivity index (χ2v) is 3.59. The number of hydrogen-bond donors (Lipinski definition) is 3. The summed E-state index contributed by atoms with van der Waals surface area (Å²) >= 11 is 0. The van der Waals surface area contributed by atoms with Gasteiger partial charge in [-0.15, -0.1) is 0 Å². The third-order valence-electron chi connectivity index (χ3n) is 2.67. The summed E-state index contributed by atoms with van der Waals surface area (Å²) in [7, 11) is 1.87. The average Bonchev–Trinajstić information content (AvgIpc) is 2.68. The van der Waals surface area contributed by atoms with Gasteiger partial charge in [0.15, 0.2) is 5.65 Å². The van der Waals surface area contributed by atoms with Gasteiger partial charge in [0.2, 0.25) is 0 Å². The van der Waals surface area contributed by atoms with Crippen molar-refractivity contribution < 1.29 is 0 Å². The van der Waals surface area contributed by atoms with Crippen LogP contribution in [0, 0.1) is 0 Å². The Morgan fingerprint density at radius 3 is 2.94 bits per heavy atom. The van der Waals surface area contributed by atoms with Gasteiger partial charge in [0.25, 0.3) is 0 Å². The molecule has 2 heterocycles. The minimum atomic E-state index is 0.539. The quantitative estimate of drug-likeness (QED) is 0.575. The Morgan fingerprint density at radius 2 is 2.12 bits per heavy atom. The van der Waals surface area contributed by atoms with Gasteiger partial charge in [0.1, 0.15) is 5.82 Å². The summed E-state index contributed by atoms with van der Waals surface area (Å²) in [6.45, 7) is 0. The number of nitrogens with zero attached hydrogens (tertiary/aromatic N) is 2. The first-order chi connectivity index (χ1) is 7.81. The summed E-state index contributed by atoms with van der Waals surface area (Å²) in [5, 5.41) is 11.9. The Labute approximate surface area is 91.7 Å². The fourth-order valence-corrected chi connectivity index (χ4v) is 1.96. The van der Waals surface area contributed by atoms with Gasteiger partial charge >= 0.3 is 0 Å². The van der Waals surface area contributed by atoms with E-state index in [1.165, 1.54) is 0 Å². The fourth-order valence-electron chi connectivity index (χ4n) is 1.96. The van der Waals surface area contributed by atoms with Gasteiger partial charge in [0, 0.05) is 12.4 Å². The molecule has 0 bridgehead atoms. The lowest BCUT2D eigenvalue weighted by Crippen LogP contribution is -1.94. The van der Waals surface area contributed by atoms with Crippen molar-refractivity contribution in [2.45, 2.75) is 0 Å². The number of nitrogen functional groups attached to an aromatic ring is 1. The van der Waals surface area contributed by atoms with E-state index in [1.54, 1.807) is 0 Å². The zero-order chi connectivity index (χ0) is 11.1. The highest BCUT2D eigenvalue weighted by Gasteiger charge is 2.12. The van der Waals surface area contributed by atoms with Crippen molar-refractivity contribution in [2.75, 3.05) is 18.1 Å². The molecule has 0 aliphatic heterocycles. The molecule has 4 N–H and O–H groups in total. The SMILES string of the molecule is CNc1c2ccccc2nc2n[nH]c(N)c12. The molecule has 0 atom stereocenters. The number of para-hydroxylation sites is 1. The zero-order valence-electron chi connectivity index (χ0n) is 8.78. The van der Waals surface area contributed by atoms with Crippen molar-refractivity contribution >= 4 is 33.4 Å². The molecule has 5 heteroatoms. The Kier molecular flexibility index (Phi) is 1.73. The molecule has 3 aromatic rings. The Bertz CT molecular complexity index is 670. The van der Waals surface area contributed by atoms with Gasteiger partial charge in [-0.3, -0.25) is 5.10 Å². The van der Waals surface area contributed by atoms with E-state index in [9.17, 15) is 0 Å². The van der Waals surface area contributed by atoms with Crippen LogP contribution >= 0.6 is 0 Å². The molecule has 0 amide bonds. The second-order valence-electron chi connectivity index (χ2n) is 3.59. The van der Waals surface area contributed by atoms with Crippen LogP contribution in [0.15, 0.2) is 24.3 Å². The van der Waals surface area contributed by atoms with Crippen LogP contribution in [0.1, 0.15) is 0 Å². The van der Waals surface area contributed by atoms with Crippen LogP contribution in [0.2, 0.25) is 0 Å². The maximum atomic E-state index is 5.85. The first-order valence-electron chi connectivity index (χ1n) is 5.01. The maximum Gasteiger partial charge on any atom is 0.185 e. The molecule has 5 nitrogen and oxygen atoms in total. The predicted molar refractivity (Wildman–Crippen MR) is 65.4 cm³/mol. The highest BCUT2D eigenvalue weighted by Crippen LogP contribution is 2.32. The summed E-state index contributed by atoms with van der Waals surface area (Å²) < 4.78 is 0. The molecule has 3 rings (SSSR count). The molecule has 0 aliphatic rings. The number of aromatic amines is 1. The van der Waals surface area contributed by atoms with E-state index in [0.29, 0.717) is 11.5 Å². The van der Waals surface area contributed by atoms with Crippen LogP contribution in [0.5, 0.6) is 0 Å². The predicted octanol–water partition coefficient (Wildman–Crippen LogP) is 1.73. The highest BCUT2D eigenvalue weighted by molar-refractivity contribution is 6.10. The van der Waals surface area contributed by atoms with Crippen LogP contribution in [0.3, 0.4) is 0 Å². The largest absolute Gasteiger partial charge is 0.387 e. The summed E-state index contributed by atoms with van der Waals surface area (Å²) in [6.07, 6.45) is 0. The molecule has 2 aromatic heterocycles. The number of hydrogen-bond acceptors (Lipinski definition) is 4. The Balaban J connectivity index is 2.59. The number of aromatic nitrogens is 3. The third-order valence-corrected chi connectivity index (χ3v) is 2.67. The van der Waals surface area contributed by atoms with Gasteiger partial charge in [-0.05, 0) is 6.07 Å². The number of anilines is 2. The maximum absolute atomic E-state index is 5.85. The zero-order valence-corrected chi connectivity index (χ0v) is 8.78. The Morgan fingerprint density at radius 1 is 1.31 bits per heavy atom. The minimum absolute atomic E-state index is 0.539. The second kappa shape index (κ2) is 3.10. The third kappa shape index (κ3) is 1.05. The topological polar surface area (TPSA) is 79.6 Å². The number of fused-ring (bicyclic) bond motifs is 2. The smallest absolute Gasteiger partial charge is 0.185 e. The van der Waals surface area contributed by atoms with E-state index >= 15 is 0 Å². The summed E-state index contributed by atoms with van der Waals surface area (Å²) in [4.78, 5) is 4.44. The monoisotopic (exact) mass is 213 g/mol. The minimum Gasteiger partial charge on any atom is -0.387 e. The van der Waals surface area contributed by atoms with Gasteiger partial charge in [-0.1, -0.05) is 18.2 Å². The summed E-state index contributed by atoms with van der Waals surface area (Å²) in [5.41, 5.74) is 8.36. The van der Waals surface area contributed by atoms with E-state index in [0.717, 1.165) is 22.0 Å². The van der Waals surface area contributed by atoms with Crippen LogP contribution < -0.4 is 11.1 Å². The van der Waals surface area contributed by atoms with E-state index in [2.05, 4.69) is 20.5 Å². The van der Waals surface area contributed by atoms with Crippen LogP contribution in [0.25, 0.3) is 21.9 Å².